The number of para-hydroxylation sites is 2. The highest BCUT2D eigenvalue weighted by molar-refractivity contribution is 6.34. The Labute approximate surface area is 223 Å². The fourth-order valence-corrected chi connectivity index (χ4v) is 3.90. The molecule has 0 saturated carbocycles. The Morgan fingerprint density at radius 3 is 2.35 bits per heavy atom. The zero-order valence-electron chi connectivity index (χ0n) is 22.0. The van der Waals surface area contributed by atoms with E-state index in [4.69, 9.17) is 22.8 Å². The van der Waals surface area contributed by atoms with Gasteiger partial charge >= 0.3 is 6.09 Å². The van der Waals surface area contributed by atoms with E-state index in [0.29, 0.717) is 22.7 Å². The number of rotatable bonds is 8. The van der Waals surface area contributed by atoms with E-state index in [-0.39, 0.29) is 17.2 Å². The second-order valence-electron chi connectivity index (χ2n) is 9.73. The van der Waals surface area contributed by atoms with Crippen LogP contribution in [-0.2, 0) is 14.3 Å². The Morgan fingerprint density at radius 1 is 1.16 bits per heavy atom. The fourth-order valence-electron chi connectivity index (χ4n) is 3.63. The summed E-state index contributed by atoms with van der Waals surface area (Å²) in [6, 6.07) is 11.0. The molecule has 3 N–H and O–H groups in total. The van der Waals surface area contributed by atoms with E-state index < -0.39 is 35.6 Å². The minimum absolute atomic E-state index is 0.108. The van der Waals surface area contributed by atoms with Gasteiger partial charge in [-0.3, -0.25) is 14.5 Å². The highest BCUT2D eigenvalue weighted by Gasteiger charge is 2.39. The number of anilines is 1. The summed E-state index contributed by atoms with van der Waals surface area (Å²) < 4.78 is 5.34. The van der Waals surface area contributed by atoms with Crippen LogP contribution in [-0.4, -0.2) is 39.6 Å². The summed E-state index contributed by atoms with van der Waals surface area (Å²) in [6.07, 6.45) is 5.52. The third-order valence-electron chi connectivity index (χ3n) is 5.74. The van der Waals surface area contributed by atoms with Crippen molar-refractivity contribution < 1.29 is 24.2 Å². The van der Waals surface area contributed by atoms with Gasteiger partial charge in [0.05, 0.1) is 10.7 Å². The molecule has 0 bridgehead atoms. The fraction of sp³-hybridized carbons (Fsp3) is 0.393. The summed E-state index contributed by atoms with van der Waals surface area (Å²) in [6.45, 7) is 10.5. The minimum atomic E-state index is -1.43. The molecule has 0 aromatic heterocycles. The zero-order valence-corrected chi connectivity index (χ0v) is 22.7. The molecule has 0 aliphatic rings. The van der Waals surface area contributed by atoms with Crippen molar-refractivity contribution >= 4 is 35.2 Å². The Hall–Kier alpha value is -3.70. The molecule has 0 radical (unpaired) electrons. The van der Waals surface area contributed by atoms with Crippen LogP contribution < -0.4 is 10.6 Å². The molecular weight excluding hydrogens is 494 g/mol. The second-order valence-corrected chi connectivity index (χ2v) is 10.1. The van der Waals surface area contributed by atoms with Gasteiger partial charge in [-0.25, -0.2) is 4.79 Å². The maximum Gasteiger partial charge on any atom is 0.408 e. The van der Waals surface area contributed by atoms with Crippen molar-refractivity contribution in [2.45, 2.75) is 65.6 Å². The summed E-state index contributed by atoms with van der Waals surface area (Å²) in [5.41, 5.74) is 0.365. The molecule has 2 aromatic rings. The van der Waals surface area contributed by atoms with E-state index in [0.717, 1.165) is 4.90 Å². The number of nitrogens with one attached hydrogen (secondary N) is 2. The molecule has 9 heteroatoms. The Bertz CT molecular complexity index is 1160. The normalized spacial score (nSPS) is 13.5. The number of carbonyl (C=O) groups is 3. The topological polar surface area (TPSA) is 108 Å². The summed E-state index contributed by atoms with van der Waals surface area (Å²) in [5, 5.41) is 16.2. The first-order valence-corrected chi connectivity index (χ1v) is 12.3. The van der Waals surface area contributed by atoms with Crippen molar-refractivity contribution in [3.63, 3.8) is 0 Å². The zero-order chi connectivity index (χ0) is 27.9. The standard InChI is InChI=1S/C28H34ClN3O5/c1-8-17(3)23(31-27(36)37-28(5,6)7)26(35)32(9-2)24(19-14-10-11-16-21(19)33)25(34)30-22-18(4)13-12-15-20(22)29/h2,10-17,23-24,33H,8H2,1,3-7H3,(H,30,34)(H,31,36). The van der Waals surface area contributed by atoms with Gasteiger partial charge in [0.25, 0.3) is 11.8 Å². The smallest absolute Gasteiger partial charge is 0.408 e. The van der Waals surface area contributed by atoms with Crippen LogP contribution in [0.25, 0.3) is 0 Å². The molecule has 0 saturated heterocycles. The van der Waals surface area contributed by atoms with Crippen LogP contribution in [0.2, 0.25) is 5.02 Å². The lowest BCUT2D eigenvalue weighted by Crippen LogP contribution is -2.53. The van der Waals surface area contributed by atoms with Crippen LogP contribution in [0.15, 0.2) is 42.5 Å². The second kappa shape index (κ2) is 12.5. The highest BCUT2D eigenvalue weighted by atomic mass is 35.5. The number of aryl methyl sites for hydroxylation is 1. The number of phenols is 1. The van der Waals surface area contributed by atoms with Gasteiger partial charge in [-0.2, -0.15) is 0 Å². The number of hydrogen-bond donors (Lipinski definition) is 3. The summed E-state index contributed by atoms with van der Waals surface area (Å²) in [4.78, 5) is 40.9. The van der Waals surface area contributed by atoms with Gasteiger partial charge in [-0.1, -0.05) is 68.6 Å². The van der Waals surface area contributed by atoms with Crippen LogP contribution in [0, 0.1) is 25.3 Å². The summed E-state index contributed by atoms with van der Waals surface area (Å²) in [7, 11) is 0. The van der Waals surface area contributed by atoms with Gasteiger partial charge in [0, 0.05) is 11.6 Å². The molecule has 0 aliphatic carbocycles. The van der Waals surface area contributed by atoms with E-state index in [9.17, 15) is 19.5 Å². The van der Waals surface area contributed by atoms with E-state index in [1.807, 2.05) is 6.92 Å². The molecule has 3 unspecified atom stereocenters. The SMILES string of the molecule is C#CN(C(=O)C(NC(=O)OC(C)(C)C)C(C)CC)C(C(=O)Nc1c(C)cccc1Cl)c1ccccc1O. The number of hydrogen-bond acceptors (Lipinski definition) is 5. The Morgan fingerprint density at radius 2 is 1.81 bits per heavy atom. The first kappa shape index (κ1) is 29.5. The number of amides is 3. The number of benzene rings is 2. The van der Waals surface area contributed by atoms with Crippen LogP contribution >= 0.6 is 11.6 Å². The Balaban J connectivity index is 2.54. The predicted molar refractivity (Wildman–Crippen MR) is 144 cm³/mol. The number of ether oxygens (including phenoxy) is 1. The van der Waals surface area contributed by atoms with Crippen molar-refractivity contribution in [2.75, 3.05) is 5.32 Å². The van der Waals surface area contributed by atoms with Crippen LogP contribution in [0.3, 0.4) is 0 Å². The molecule has 8 nitrogen and oxygen atoms in total. The van der Waals surface area contributed by atoms with Crippen LogP contribution in [0.4, 0.5) is 10.5 Å². The van der Waals surface area contributed by atoms with Gasteiger partial charge in [-0.05, 0) is 51.3 Å². The van der Waals surface area contributed by atoms with E-state index in [2.05, 4.69) is 16.7 Å². The molecule has 0 heterocycles. The molecule has 198 valence electrons. The third-order valence-corrected chi connectivity index (χ3v) is 6.05. The molecule has 0 aliphatic heterocycles. The monoisotopic (exact) mass is 527 g/mol. The van der Waals surface area contributed by atoms with Crippen molar-refractivity contribution in [2.24, 2.45) is 5.92 Å². The number of carbonyl (C=O) groups excluding carboxylic acids is 3. The van der Waals surface area contributed by atoms with E-state index in [1.165, 1.54) is 12.1 Å². The van der Waals surface area contributed by atoms with Crippen molar-refractivity contribution in [1.29, 1.82) is 0 Å². The van der Waals surface area contributed by atoms with Crippen molar-refractivity contribution in [1.82, 2.24) is 10.2 Å². The average Bonchev–Trinajstić information content (AvgIpc) is 2.82. The number of halogens is 1. The molecule has 3 atom stereocenters. The number of aromatic hydroxyl groups is 1. The molecule has 2 rings (SSSR count). The average molecular weight is 528 g/mol. The number of terminal acetylenes is 1. The lowest BCUT2D eigenvalue weighted by molar-refractivity contribution is -0.137. The minimum Gasteiger partial charge on any atom is -0.508 e. The van der Waals surface area contributed by atoms with Gasteiger partial charge in [0.2, 0.25) is 0 Å². The molecular formula is C28H34ClN3O5. The van der Waals surface area contributed by atoms with Gasteiger partial charge in [-0.15, -0.1) is 0 Å². The predicted octanol–water partition coefficient (Wildman–Crippen LogP) is 5.39. The van der Waals surface area contributed by atoms with E-state index in [1.54, 1.807) is 65.0 Å². The van der Waals surface area contributed by atoms with Gasteiger partial charge < -0.3 is 20.5 Å². The maximum absolute atomic E-state index is 13.8. The number of alkyl carbamates (subject to hydrolysis) is 1. The lowest BCUT2D eigenvalue weighted by atomic mass is 9.96. The molecule has 2 aromatic carbocycles. The lowest BCUT2D eigenvalue weighted by Gasteiger charge is -2.32. The van der Waals surface area contributed by atoms with Crippen LogP contribution in [0.5, 0.6) is 5.75 Å². The van der Waals surface area contributed by atoms with Gasteiger partial charge in [0.15, 0.2) is 6.04 Å². The quantitative estimate of drug-likeness (QED) is 0.315. The van der Waals surface area contributed by atoms with Crippen molar-refractivity contribution in [3.05, 3.63) is 58.6 Å². The molecule has 0 fully saturated rings. The molecule has 3 amide bonds. The van der Waals surface area contributed by atoms with Gasteiger partial charge in [0.1, 0.15) is 17.4 Å². The first-order chi connectivity index (χ1) is 17.3. The molecule has 37 heavy (non-hydrogen) atoms. The summed E-state index contributed by atoms with van der Waals surface area (Å²) in [5.74, 6) is -1.98. The number of nitrogens with zero attached hydrogens (tertiary/aromatic N) is 1. The Kier molecular flexibility index (Phi) is 9.98. The molecule has 0 spiro atoms. The van der Waals surface area contributed by atoms with Crippen LogP contribution in [0.1, 0.15) is 58.2 Å². The maximum atomic E-state index is 13.8. The first-order valence-electron chi connectivity index (χ1n) is 11.9. The highest BCUT2D eigenvalue weighted by Crippen LogP contribution is 2.33. The van der Waals surface area contributed by atoms with Crippen molar-refractivity contribution in [3.8, 4) is 18.2 Å². The largest absolute Gasteiger partial charge is 0.508 e. The third kappa shape index (κ3) is 7.64. The summed E-state index contributed by atoms with van der Waals surface area (Å²) >= 11 is 6.31. The number of phenolic OH excluding ortho intramolecular Hbond substituents is 1. The van der Waals surface area contributed by atoms with E-state index >= 15 is 0 Å².